The molecule has 1 aliphatic heterocycles. The fraction of sp³-hybridized carbons (Fsp3) is 0.267. The van der Waals surface area contributed by atoms with E-state index >= 15 is 0 Å². The lowest BCUT2D eigenvalue weighted by molar-refractivity contribution is 0.288. The molecule has 2 aromatic rings. The van der Waals surface area contributed by atoms with Gasteiger partial charge in [-0.3, -0.25) is 4.98 Å². The molecule has 2 heterocycles. The van der Waals surface area contributed by atoms with E-state index in [0.717, 1.165) is 29.7 Å². The van der Waals surface area contributed by atoms with E-state index in [0.29, 0.717) is 6.61 Å². The molecule has 3 rings (SSSR count). The summed E-state index contributed by atoms with van der Waals surface area (Å²) < 4.78 is 32.7. The Morgan fingerprint density at radius 2 is 2.00 bits per heavy atom. The Hall–Kier alpha value is -1.92. The monoisotopic (exact) mass is 304 g/mol. The summed E-state index contributed by atoms with van der Waals surface area (Å²) in [4.78, 5) is 4.18. The third-order valence-corrected chi connectivity index (χ3v) is 4.80. The molecule has 1 aromatic heterocycles. The van der Waals surface area contributed by atoms with E-state index in [1.807, 2.05) is 0 Å². The van der Waals surface area contributed by atoms with Crippen LogP contribution in [0.5, 0.6) is 5.75 Å². The number of aryl methyl sites for hydroxylation is 1. The number of fused-ring (bicyclic) bond motifs is 1. The van der Waals surface area contributed by atoms with Gasteiger partial charge in [-0.25, -0.2) is 13.1 Å². The molecule has 0 saturated heterocycles. The van der Waals surface area contributed by atoms with E-state index in [-0.39, 0.29) is 11.4 Å². The van der Waals surface area contributed by atoms with Gasteiger partial charge in [-0.2, -0.15) is 0 Å². The summed E-state index contributed by atoms with van der Waals surface area (Å²) >= 11 is 0. The first-order valence-corrected chi connectivity index (χ1v) is 8.28. The van der Waals surface area contributed by atoms with Crippen LogP contribution in [-0.4, -0.2) is 20.0 Å². The number of pyridine rings is 1. The molecule has 0 unspecified atom stereocenters. The van der Waals surface area contributed by atoms with E-state index in [4.69, 9.17) is 4.74 Å². The molecule has 0 fully saturated rings. The van der Waals surface area contributed by atoms with Crippen LogP contribution in [0.3, 0.4) is 0 Å². The van der Waals surface area contributed by atoms with E-state index in [2.05, 4.69) is 9.71 Å². The lowest BCUT2D eigenvalue weighted by Gasteiger charge is -2.18. The maximum absolute atomic E-state index is 12.3. The van der Waals surface area contributed by atoms with Crippen LogP contribution in [0.4, 0.5) is 0 Å². The molecular formula is C15H16N2O3S. The number of hydrogen-bond donors (Lipinski definition) is 1. The molecule has 0 spiro atoms. The quantitative estimate of drug-likeness (QED) is 0.936. The van der Waals surface area contributed by atoms with Crippen LogP contribution in [0.25, 0.3) is 0 Å². The number of rotatable bonds is 4. The van der Waals surface area contributed by atoms with Gasteiger partial charge in [-0.1, -0.05) is 0 Å². The van der Waals surface area contributed by atoms with Crippen molar-refractivity contribution in [2.24, 2.45) is 0 Å². The highest BCUT2D eigenvalue weighted by atomic mass is 32.2. The summed E-state index contributed by atoms with van der Waals surface area (Å²) in [6, 6.07) is 8.57. The number of hydrogen-bond acceptors (Lipinski definition) is 4. The van der Waals surface area contributed by atoms with Crippen LogP contribution in [0.1, 0.15) is 17.5 Å². The second-order valence-electron chi connectivity index (χ2n) is 4.90. The summed E-state index contributed by atoms with van der Waals surface area (Å²) in [5, 5.41) is 0. The van der Waals surface area contributed by atoms with Gasteiger partial charge in [0.1, 0.15) is 5.75 Å². The highest BCUT2D eigenvalue weighted by Crippen LogP contribution is 2.27. The Morgan fingerprint density at radius 1 is 1.19 bits per heavy atom. The van der Waals surface area contributed by atoms with Crippen LogP contribution < -0.4 is 9.46 Å². The molecule has 1 aliphatic rings. The fourth-order valence-corrected chi connectivity index (χ4v) is 3.33. The van der Waals surface area contributed by atoms with Gasteiger partial charge in [0.15, 0.2) is 0 Å². The SMILES string of the molecule is O=S(=O)(NCc1ccncc1)c1ccc2c(c1)CCCO2. The van der Waals surface area contributed by atoms with Crippen molar-refractivity contribution in [1.82, 2.24) is 9.71 Å². The summed E-state index contributed by atoms with van der Waals surface area (Å²) in [6.45, 7) is 0.942. The topological polar surface area (TPSA) is 68.3 Å². The molecule has 0 saturated carbocycles. The molecule has 0 aliphatic carbocycles. The average Bonchev–Trinajstić information content (AvgIpc) is 2.53. The maximum Gasteiger partial charge on any atom is 0.240 e. The first-order valence-electron chi connectivity index (χ1n) is 6.79. The van der Waals surface area contributed by atoms with Crippen LogP contribution >= 0.6 is 0 Å². The van der Waals surface area contributed by atoms with Gasteiger partial charge in [0, 0.05) is 18.9 Å². The summed E-state index contributed by atoms with van der Waals surface area (Å²) in [5.41, 5.74) is 1.82. The lowest BCUT2D eigenvalue weighted by Crippen LogP contribution is -2.23. The lowest BCUT2D eigenvalue weighted by atomic mass is 10.1. The average molecular weight is 304 g/mol. The molecule has 0 bridgehead atoms. The van der Waals surface area contributed by atoms with Gasteiger partial charge in [0.25, 0.3) is 0 Å². The van der Waals surface area contributed by atoms with Gasteiger partial charge in [0.2, 0.25) is 10.0 Å². The van der Waals surface area contributed by atoms with Crippen LogP contribution in [-0.2, 0) is 23.0 Å². The molecular weight excluding hydrogens is 288 g/mol. The molecule has 21 heavy (non-hydrogen) atoms. The summed E-state index contributed by atoms with van der Waals surface area (Å²) in [6.07, 6.45) is 5.05. The first-order chi connectivity index (χ1) is 10.1. The smallest absolute Gasteiger partial charge is 0.240 e. The van der Waals surface area contributed by atoms with Crippen LogP contribution in [0, 0.1) is 0 Å². The predicted octanol–water partition coefficient (Wildman–Crippen LogP) is 1.89. The maximum atomic E-state index is 12.3. The van der Waals surface area contributed by atoms with E-state index in [1.54, 1.807) is 42.7 Å². The number of nitrogens with one attached hydrogen (secondary N) is 1. The molecule has 0 radical (unpaired) electrons. The van der Waals surface area contributed by atoms with Crippen molar-refractivity contribution in [2.45, 2.75) is 24.3 Å². The number of sulfonamides is 1. The molecule has 0 amide bonds. The minimum absolute atomic E-state index is 0.248. The third-order valence-electron chi connectivity index (χ3n) is 3.41. The van der Waals surface area contributed by atoms with Crippen LogP contribution in [0.15, 0.2) is 47.6 Å². The second kappa shape index (κ2) is 5.83. The summed E-state index contributed by atoms with van der Waals surface area (Å²) in [7, 11) is -3.52. The van der Waals surface area contributed by atoms with Crippen molar-refractivity contribution >= 4 is 10.0 Å². The molecule has 0 atom stereocenters. The van der Waals surface area contributed by atoms with Gasteiger partial charge in [-0.05, 0) is 54.3 Å². The Kier molecular flexibility index (Phi) is 3.90. The van der Waals surface area contributed by atoms with Crippen LogP contribution in [0.2, 0.25) is 0 Å². The second-order valence-corrected chi connectivity index (χ2v) is 6.67. The zero-order valence-electron chi connectivity index (χ0n) is 11.5. The predicted molar refractivity (Wildman–Crippen MR) is 78.5 cm³/mol. The van der Waals surface area contributed by atoms with Gasteiger partial charge in [0.05, 0.1) is 11.5 Å². The molecule has 5 nitrogen and oxygen atoms in total. The molecule has 110 valence electrons. The number of ether oxygens (including phenoxy) is 1. The fourth-order valence-electron chi connectivity index (χ4n) is 2.27. The standard InChI is InChI=1S/C15H16N2O3S/c18-21(19,17-11-12-5-7-16-8-6-12)14-3-4-15-13(10-14)2-1-9-20-15/h3-8,10,17H,1-2,9,11H2. The van der Waals surface area contributed by atoms with E-state index in [9.17, 15) is 8.42 Å². The molecule has 1 aromatic carbocycles. The highest BCUT2D eigenvalue weighted by molar-refractivity contribution is 7.89. The van der Waals surface area contributed by atoms with Crippen molar-refractivity contribution in [3.8, 4) is 5.75 Å². The Bertz CT molecular complexity index is 730. The van der Waals surface area contributed by atoms with Crippen molar-refractivity contribution in [3.63, 3.8) is 0 Å². The largest absolute Gasteiger partial charge is 0.493 e. The Morgan fingerprint density at radius 3 is 2.81 bits per heavy atom. The minimum Gasteiger partial charge on any atom is -0.493 e. The molecule has 1 N–H and O–H groups in total. The number of nitrogens with zero attached hydrogens (tertiary/aromatic N) is 1. The zero-order valence-corrected chi connectivity index (χ0v) is 12.3. The van der Waals surface area contributed by atoms with E-state index < -0.39 is 10.0 Å². The normalized spacial score (nSPS) is 14.3. The number of benzene rings is 1. The van der Waals surface area contributed by atoms with Crippen molar-refractivity contribution in [3.05, 3.63) is 53.9 Å². The minimum atomic E-state index is -3.52. The zero-order chi connectivity index (χ0) is 14.7. The Balaban J connectivity index is 1.78. The third kappa shape index (κ3) is 3.22. The van der Waals surface area contributed by atoms with Crippen molar-refractivity contribution < 1.29 is 13.2 Å². The van der Waals surface area contributed by atoms with Crippen molar-refractivity contribution in [1.29, 1.82) is 0 Å². The van der Waals surface area contributed by atoms with E-state index in [1.165, 1.54) is 0 Å². The summed E-state index contributed by atoms with van der Waals surface area (Å²) in [5.74, 6) is 0.786. The van der Waals surface area contributed by atoms with Gasteiger partial charge in [-0.15, -0.1) is 0 Å². The first kappa shape index (κ1) is 14.0. The Labute approximate surface area is 124 Å². The van der Waals surface area contributed by atoms with Crippen molar-refractivity contribution in [2.75, 3.05) is 6.61 Å². The molecule has 6 heteroatoms. The van der Waals surface area contributed by atoms with Gasteiger partial charge >= 0.3 is 0 Å². The van der Waals surface area contributed by atoms with Gasteiger partial charge < -0.3 is 4.74 Å². The number of aromatic nitrogens is 1. The highest BCUT2D eigenvalue weighted by Gasteiger charge is 2.18.